The third-order valence-corrected chi connectivity index (χ3v) is 4.86. The molecule has 1 saturated heterocycles. The summed E-state index contributed by atoms with van der Waals surface area (Å²) in [6, 6.07) is 20.4. The van der Waals surface area contributed by atoms with Crippen LogP contribution >= 0.6 is 11.6 Å². The van der Waals surface area contributed by atoms with Crippen LogP contribution in [0.4, 0.5) is 5.69 Å². The lowest BCUT2D eigenvalue weighted by Crippen LogP contribution is -2.44. The van der Waals surface area contributed by atoms with Gasteiger partial charge in [0.15, 0.2) is 11.0 Å². The van der Waals surface area contributed by atoms with E-state index in [-0.39, 0.29) is 0 Å². The van der Waals surface area contributed by atoms with Crippen LogP contribution in [0.5, 0.6) is 0 Å². The number of aromatic nitrogens is 2. The van der Waals surface area contributed by atoms with E-state index in [4.69, 9.17) is 16.6 Å². The van der Waals surface area contributed by atoms with Gasteiger partial charge < -0.3 is 10.2 Å². The standard InChI is InChI=1S/C21H21ClN4/c22-20-19(26-13-11-23-12-14-26)18(15-16-7-3-1-4-8-16)24-21(25-20)17-9-5-2-6-10-17/h1-10,23H,11-15H2. The maximum atomic E-state index is 6.67. The SMILES string of the molecule is Clc1nc(-c2ccccc2)nc(Cc2ccccc2)c1N1CCNCC1. The Kier molecular flexibility index (Phi) is 5.14. The third kappa shape index (κ3) is 3.71. The molecule has 0 radical (unpaired) electrons. The fraction of sp³-hybridized carbons (Fsp3) is 0.238. The second-order valence-electron chi connectivity index (χ2n) is 6.40. The molecular weight excluding hydrogens is 344 g/mol. The average Bonchev–Trinajstić information content (AvgIpc) is 2.70. The summed E-state index contributed by atoms with van der Waals surface area (Å²) < 4.78 is 0. The molecule has 2 heterocycles. The highest BCUT2D eigenvalue weighted by molar-refractivity contribution is 6.32. The second kappa shape index (κ2) is 7.85. The van der Waals surface area contributed by atoms with Gasteiger partial charge >= 0.3 is 0 Å². The summed E-state index contributed by atoms with van der Waals surface area (Å²) in [5, 5.41) is 3.92. The number of anilines is 1. The van der Waals surface area contributed by atoms with Crippen LogP contribution in [0.1, 0.15) is 11.3 Å². The lowest BCUT2D eigenvalue weighted by molar-refractivity contribution is 0.586. The Morgan fingerprint density at radius 1 is 0.885 bits per heavy atom. The molecule has 0 amide bonds. The largest absolute Gasteiger partial charge is 0.365 e. The number of hydrogen-bond acceptors (Lipinski definition) is 4. The molecular formula is C21H21ClN4. The fourth-order valence-corrected chi connectivity index (χ4v) is 3.61. The molecule has 3 aromatic rings. The third-order valence-electron chi connectivity index (χ3n) is 4.59. The Balaban J connectivity index is 1.79. The molecule has 4 rings (SSSR count). The molecule has 0 aliphatic carbocycles. The number of piperazine rings is 1. The molecule has 1 aliphatic rings. The Labute approximate surface area is 158 Å². The number of hydrogen-bond donors (Lipinski definition) is 1. The molecule has 2 aromatic carbocycles. The minimum Gasteiger partial charge on any atom is -0.365 e. The van der Waals surface area contributed by atoms with Crippen molar-refractivity contribution in [2.45, 2.75) is 6.42 Å². The highest BCUT2D eigenvalue weighted by Crippen LogP contribution is 2.31. The van der Waals surface area contributed by atoms with Gasteiger partial charge in [0.1, 0.15) is 0 Å². The van der Waals surface area contributed by atoms with Crippen LogP contribution in [0.3, 0.4) is 0 Å². The number of rotatable bonds is 4. The summed E-state index contributed by atoms with van der Waals surface area (Å²) in [4.78, 5) is 11.8. The van der Waals surface area contributed by atoms with E-state index in [1.165, 1.54) is 5.56 Å². The van der Waals surface area contributed by atoms with Crippen molar-refractivity contribution in [3.8, 4) is 11.4 Å². The number of nitrogens with zero attached hydrogens (tertiary/aromatic N) is 3. The van der Waals surface area contributed by atoms with Gasteiger partial charge in [-0.2, -0.15) is 0 Å². The first-order valence-electron chi connectivity index (χ1n) is 8.93. The van der Waals surface area contributed by atoms with Crippen molar-refractivity contribution in [2.75, 3.05) is 31.1 Å². The van der Waals surface area contributed by atoms with E-state index in [1.54, 1.807) is 0 Å². The number of nitrogens with one attached hydrogen (secondary N) is 1. The van der Waals surface area contributed by atoms with Crippen LogP contribution in [0.2, 0.25) is 5.15 Å². The minimum absolute atomic E-state index is 0.534. The van der Waals surface area contributed by atoms with Gasteiger partial charge in [-0.1, -0.05) is 72.3 Å². The van der Waals surface area contributed by atoms with Gasteiger partial charge in [0, 0.05) is 38.2 Å². The van der Waals surface area contributed by atoms with E-state index in [0.717, 1.165) is 49.5 Å². The highest BCUT2D eigenvalue weighted by atomic mass is 35.5. The van der Waals surface area contributed by atoms with E-state index in [9.17, 15) is 0 Å². The van der Waals surface area contributed by atoms with Crippen molar-refractivity contribution in [1.82, 2.24) is 15.3 Å². The van der Waals surface area contributed by atoms with Crippen LogP contribution < -0.4 is 10.2 Å². The van der Waals surface area contributed by atoms with Gasteiger partial charge in [-0.05, 0) is 5.56 Å². The molecule has 1 aromatic heterocycles. The number of halogens is 1. The summed E-state index contributed by atoms with van der Waals surface area (Å²) in [7, 11) is 0. The van der Waals surface area contributed by atoms with E-state index in [1.807, 2.05) is 36.4 Å². The summed E-state index contributed by atoms with van der Waals surface area (Å²) in [6.45, 7) is 3.72. The zero-order valence-corrected chi connectivity index (χ0v) is 15.3. The van der Waals surface area contributed by atoms with Crippen LogP contribution in [0.15, 0.2) is 60.7 Å². The van der Waals surface area contributed by atoms with Crippen molar-refractivity contribution in [1.29, 1.82) is 0 Å². The quantitative estimate of drug-likeness (QED) is 0.715. The van der Waals surface area contributed by atoms with Gasteiger partial charge in [-0.3, -0.25) is 0 Å². The van der Waals surface area contributed by atoms with Crippen molar-refractivity contribution in [2.24, 2.45) is 0 Å². The summed E-state index contributed by atoms with van der Waals surface area (Å²) in [5.41, 5.74) is 4.15. The molecule has 26 heavy (non-hydrogen) atoms. The Hall–Kier alpha value is -2.43. The second-order valence-corrected chi connectivity index (χ2v) is 6.76. The lowest BCUT2D eigenvalue weighted by atomic mass is 10.1. The van der Waals surface area contributed by atoms with E-state index in [2.05, 4.69) is 39.5 Å². The maximum Gasteiger partial charge on any atom is 0.161 e. The Morgan fingerprint density at radius 2 is 1.54 bits per heavy atom. The van der Waals surface area contributed by atoms with Crippen LogP contribution in [-0.2, 0) is 6.42 Å². The molecule has 132 valence electrons. The Morgan fingerprint density at radius 3 is 2.23 bits per heavy atom. The van der Waals surface area contributed by atoms with Crippen molar-refractivity contribution >= 4 is 17.3 Å². The van der Waals surface area contributed by atoms with E-state index in [0.29, 0.717) is 11.0 Å². The predicted molar refractivity (Wildman–Crippen MR) is 107 cm³/mol. The summed E-state index contributed by atoms with van der Waals surface area (Å²) in [6.07, 6.45) is 0.738. The van der Waals surface area contributed by atoms with Gasteiger partial charge in [-0.25, -0.2) is 9.97 Å². The monoisotopic (exact) mass is 364 g/mol. The number of benzene rings is 2. The van der Waals surface area contributed by atoms with Gasteiger partial charge in [0.05, 0.1) is 11.4 Å². The fourth-order valence-electron chi connectivity index (χ4n) is 3.30. The highest BCUT2D eigenvalue weighted by Gasteiger charge is 2.21. The zero-order chi connectivity index (χ0) is 17.8. The lowest BCUT2D eigenvalue weighted by Gasteiger charge is -2.31. The van der Waals surface area contributed by atoms with E-state index < -0.39 is 0 Å². The normalized spacial score (nSPS) is 14.4. The van der Waals surface area contributed by atoms with Crippen LogP contribution in [0.25, 0.3) is 11.4 Å². The van der Waals surface area contributed by atoms with Crippen LogP contribution in [0, 0.1) is 0 Å². The summed E-state index contributed by atoms with van der Waals surface area (Å²) >= 11 is 6.67. The molecule has 1 aliphatic heterocycles. The molecule has 4 nitrogen and oxygen atoms in total. The topological polar surface area (TPSA) is 41.1 Å². The van der Waals surface area contributed by atoms with Crippen molar-refractivity contribution in [3.05, 3.63) is 77.1 Å². The van der Waals surface area contributed by atoms with Gasteiger partial charge in [0.25, 0.3) is 0 Å². The average molecular weight is 365 g/mol. The molecule has 5 heteroatoms. The Bertz CT molecular complexity index is 862. The molecule has 1 fully saturated rings. The van der Waals surface area contributed by atoms with Crippen molar-refractivity contribution < 1.29 is 0 Å². The molecule has 0 bridgehead atoms. The first kappa shape index (κ1) is 17.0. The first-order valence-corrected chi connectivity index (χ1v) is 9.30. The van der Waals surface area contributed by atoms with Crippen LogP contribution in [-0.4, -0.2) is 36.1 Å². The zero-order valence-electron chi connectivity index (χ0n) is 14.5. The molecule has 0 unspecified atom stereocenters. The molecule has 0 atom stereocenters. The van der Waals surface area contributed by atoms with Crippen molar-refractivity contribution in [3.63, 3.8) is 0 Å². The first-order chi connectivity index (χ1) is 12.8. The van der Waals surface area contributed by atoms with Gasteiger partial charge in [-0.15, -0.1) is 0 Å². The predicted octanol–water partition coefficient (Wildman–Crippen LogP) is 3.80. The molecule has 0 spiro atoms. The molecule has 1 N–H and O–H groups in total. The molecule has 0 saturated carbocycles. The van der Waals surface area contributed by atoms with Gasteiger partial charge in [0.2, 0.25) is 0 Å². The maximum absolute atomic E-state index is 6.67. The van der Waals surface area contributed by atoms with E-state index >= 15 is 0 Å². The minimum atomic E-state index is 0.534. The summed E-state index contributed by atoms with van der Waals surface area (Å²) in [5.74, 6) is 0.681. The smallest absolute Gasteiger partial charge is 0.161 e.